The monoisotopic (exact) mass is 991 g/mol. The molecule has 0 N–H and O–H groups in total. The molecule has 71 heavy (non-hydrogen) atoms. The van der Waals surface area contributed by atoms with Gasteiger partial charge in [0.05, 0.1) is 0 Å². The molecule has 0 amide bonds. The van der Waals surface area contributed by atoms with Crippen molar-refractivity contribution in [3.63, 3.8) is 0 Å². The van der Waals surface area contributed by atoms with E-state index in [0.717, 1.165) is 103 Å². The number of unbranched alkanes of at least 4 members (excludes halogenated alkanes) is 32. The molecule has 0 aromatic rings. The summed E-state index contributed by atoms with van der Waals surface area (Å²) in [7, 11) is 0. The average molecular weight is 992 g/mol. The lowest BCUT2D eigenvalue weighted by molar-refractivity contribution is -0.167. The van der Waals surface area contributed by atoms with Gasteiger partial charge in [-0.15, -0.1) is 0 Å². The zero-order chi connectivity index (χ0) is 51.4. The first-order valence-electron chi connectivity index (χ1n) is 30.4. The minimum atomic E-state index is -0.786. The molecule has 0 spiro atoms. The molecule has 6 heteroatoms. The Morgan fingerprint density at radius 3 is 0.901 bits per heavy atom. The van der Waals surface area contributed by atoms with Crippen LogP contribution in [0, 0.1) is 0 Å². The van der Waals surface area contributed by atoms with Crippen LogP contribution in [0.3, 0.4) is 0 Å². The summed E-state index contributed by atoms with van der Waals surface area (Å²) in [5.74, 6) is -0.895. The SMILES string of the molecule is CC/C=C\C/C=C\C/C=C\CCCCCCCC(=O)OC[C@H](COC(=O)CCCCCCCCCCC/C=C\CCCCCCCC)OC(=O)CCCCCCCCCCC/C=C\C/C=C\CCCCC. The predicted molar refractivity (Wildman–Crippen MR) is 307 cm³/mol. The molecular weight excluding hydrogens is 877 g/mol. The Kier molecular flexibility index (Phi) is 56.8. The third-order valence-corrected chi connectivity index (χ3v) is 13.2. The van der Waals surface area contributed by atoms with Crippen molar-refractivity contribution >= 4 is 17.9 Å². The van der Waals surface area contributed by atoms with Crippen molar-refractivity contribution < 1.29 is 28.6 Å². The Hall–Kier alpha value is -3.15. The van der Waals surface area contributed by atoms with Gasteiger partial charge in [-0.2, -0.15) is 0 Å². The van der Waals surface area contributed by atoms with E-state index in [0.29, 0.717) is 19.3 Å². The Morgan fingerprint density at radius 2 is 0.549 bits per heavy atom. The maximum absolute atomic E-state index is 12.9. The van der Waals surface area contributed by atoms with Crippen LogP contribution in [0.15, 0.2) is 72.9 Å². The number of rotatable bonds is 55. The van der Waals surface area contributed by atoms with Crippen LogP contribution in [-0.4, -0.2) is 37.2 Å². The second-order valence-corrected chi connectivity index (χ2v) is 20.2. The summed E-state index contributed by atoms with van der Waals surface area (Å²) in [6, 6.07) is 0. The molecule has 0 aliphatic rings. The molecule has 0 aromatic carbocycles. The minimum Gasteiger partial charge on any atom is -0.462 e. The van der Waals surface area contributed by atoms with Crippen molar-refractivity contribution in [1.29, 1.82) is 0 Å². The molecule has 0 heterocycles. The second-order valence-electron chi connectivity index (χ2n) is 20.2. The number of hydrogen-bond acceptors (Lipinski definition) is 6. The van der Waals surface area contributed by atoms with Crippen LogP contribution < -0.4 is 0 Å². The number of esters is 3. The smallest absolute Gasteiger partial charge is 0.306 e. The topological polar surface area (TPSA) is 78.9 Å². The van der Waals surface area contributed by atoms with E-state index in [1.807, 2.05) is 0 Å². The van der Waals surface area contributed by atoms with E-state index in [1.165, 1.54) is 161 Å². The van der Waals surface area contributed by atoms with Crippen LogP contribution in [0.5, 0.6) is 0 Å². The summed E-state index contributed by atoms with van der Waals surface area (Å²) < 4.78 is 16.9. The highest BCUT2D eigenvalue weighted by atomic mass is 16.6. The Labute approximate surface area is 440 Å². The number of carbonyl (C=O) groups excluding carboxylic acids is 3. The fourth-order valence-corrected chi connectivity index (χ4v) is 8.60. The van der Waals surface area contributed by atoms with Gasteiger partial charge in [-0.3, -0.25) is 14.4 Å². The van der Waals surface area contributed by atoms with Crippen molar-refractivity contribution in [3.8, 4) is 0 Å². The van der Waals surface area contributed by atoms with Crippen LogP contribution in [-0.2, 0) is 28.6 Å². The molecule has 0 aliphatic heterocycles. The van der Waals surface area contributed by atoms with Crippen LogP contribution >= 0.6 is 0 Å². The predicted octanol–water partition coefficient (Wildman–Crippen LogP) is 20.5. The second kappa shape index (κ2) is 59.4. The Morgan fingerprint density at radius 1 is 0.296 bits per heavy atom. The lowest BCUT2D eigenvalue weighted by Crippen LogP contribution is -2.30. The first kappa shape index (κ1) is 67.8. The van der Waals surface area contributed by atoms with Gasteiger partial charge in [0.1, 0.15) is 13.2 Å². The Bertz CT molecular complexity index is 1320. The molecule has 0 bridgehead atoms. The molecule has 410 valence electrons. The number of allylic oxidation sites excluding steroid dienone is 12. The van der Waals surface area contributed by atoms with E-state index in [2.05, 4.69) is 93.7 Å². The standard InChI is InChI=1S/C65H114O6/c1-4-7-10-13-16-19-22-25-28-30-32-34-37-40-43-46-49-52-55-58-64(67)70-61-62(60-69-63(66)57-54-51-48-45-42-39-36-27-24-21-18-15-12-9-6-3)71-65(68)59-56-53-50-47-44-41-38-35-33-31-29-26-23-20-17-14-11-8-5-2/h9,12,17-18,20-21,25-29,36,62H,4-8,10-11,13-16,19,22-24,30-35,37-61H2,1-3H3/b12-9-,20-17-,21-18-,28-25-,29-26-,36-27-/t62-/m1/s1. The van der Waals surface area contributed by atoms with Gasteiger partial charge in [0.25, 0.3) is 0 Å². The lowest BCUT2D eigenvalue weighted by atomic mass is 10.1. The van der Waals surface area contributed by atoms with Crippen molar-refractivity contribution in [2.75, 3.05) is 13.2 Å². The maximum atomic E-state index is 12.9. The van der Waals surface area contributed by atoms with Crippen molar-refractivity contribution in [2.24, 2.45) is 0 Å². The van der Waals surface area contributed by atoms with Gasteiger partial charge in [0.15, 0.2) is 6.10 Å². The lowest BCUT2D eigenvalue weighted by Gasteiger charge is -2.18. The zero-order valence-electron chi connectivity index (χ0n) is 47.0. The third kappa shape index (κ3) is 57.6. The molecule has 1 atom stereocenters. The molecule has 0 aromatic heterocycles. The minimum absolute atomic E-state index is 0.0827. The summed E-state index contributed by atoms with van der Waals surface area (Å²) in [5, 5.41) is 0. The van der Waals surface area contributed by atoms with Crippen molar-refractivity contribution in [1.82, 2.24) is 0 Å². The molecule has 0 unspecified atom stereocenters. The summed E-state index contributed by atoms with van der Waals surface area (Å²) in [6.45, 7) is 6.51. The van der Waals surface area contributed by atoms with E-state index < -0.39 is 6.10 Å². The number of carbonyl (C=O) groups is 3. The quantitative estimate of drug-likeness (QED) is 0.0261. The highest BCUT2D eigenvalue weighted by Crippen LogP contribution is 2.16. The van der Waals surface area contributed by atoms with E-state index in [9.17, 15) is 14.4 Å². The molecular formula is C65H114O6. The Balaban J connectivity index is 4.38. The summed E-state index contributed by atoms with van der Waals surface area (Å²) in [6.07, 6.45) is 76.1. The van der Waals surface area contributed by atoms with E-state index >= 15 is 0 Å². The fourth-order valence-electron chi connectivity index (χ4n) is 8.60. The van der Waals surface area contributed by atoms with E-state index in [4.69, 9.17) is 14.2 Å². The van der Waals surface area contributed by atoms with Gasteiger partial charge in [0.2, 0.25) is 0 Å². The summed E-state index contributed by atoms with van der Waals surface area (Å²) >= 11 is 0. The van der Waals surface area contributed by atoms with Gasteiger partial charge in [-0.25, -0.2) is 0 Å². The fraction of sp³-hybridized carbons (Fsp3) is 0.769. The molecule has 0 fully saturated rings. The summed E-state index contributed by atoms with van der Waals surface area (Å²) in [5.41, 5.74) is 0. The maximum Gasteiger partial charge on any atom is 0.306 e. The highest BCUT2D eigenvalue weighted by Gasteiger charge is 2.19. The number of ether oxygens (including phenoxy) is 3. The van der Waals surface area contributed by atoms with Crippen LogP contribution in [0.25, 0.3) is 0 Å². The van der Waals surface area contributed by atoms with Gasteiger partial charge in [-0.1, -0.05) is 248 Å². The average Bonchev–Trinajstić information content (AvgIpc) is 3.37. The normalized spacial score (nSPS) is 12.5. The highest BCUT2D eigenvalue weighted by molar-refractivity contribution is 5.71. The van der Waals surface area contributed by atoms with Gasteiger partial charge < -0.3 is 14.2 Å². The van der Waals surface area contributed by atoms with E-state index in [1.54, 1.807) is 0 Å². The molecule has 0 saturated carbocycles. The van der Waals surface area contributed by atoms with Gasteiger partial charge in [-0.05, 0) is 109 Å². The molecule has 0 aliphatic carbocycles. The van der Waals surface area contributed by atoms with Crippen LogP contribution in [0.4, 0.5) is 0 Å². The van der Waals surface area contributed by atoms with Gasteiger partial charge in [0, 0.05) is 19.3 Å². The molecule has 0 radical (unpaired) electrons. The number of hydrogen-bond donors (Lipinski definition) is 0. The first-order chi connectivity index (χ1) is 35.0. The molecule has 6 nitrogen and oxygen atoms in total. The zero-order valence-corrected chi connectivity index (χ0v) is 47.0. The largest absolute Gasteiger partial charge is 0.462 e. The van der Waals surface area contributed by atoms with Crippen molar-refractivity contribution in [3.05, 3.63) is 72.9 Å². The van der Waals surface area contributed by atoms with Crippen molar-refractivity contribution in [2.45, 2.75) is 309 Å². The van der Waals surface area contributed by atoms with E-state index in [-0.39, 0.29) is 31.1 Å². The first-order valence-corrected chi connectivity index (χ1v) is 30.4. The van der Waals surface area contributed by atoms with Crippen LogP contribution in [0.1, 0.15) is 303 Å². The molecule has 0 saturated heterocycles. The van der Waals surface area contributed by atoms with Crippen LogP contribution in [0.2, 0.25) is 0 Å². The summed E-state index contributed by atoms with van der Waals surface area (Å²) in [4.78, 5) is 38.3. The molecule has 0 rings (SSSR count). The van der Waals surface area contributed by atoms with Gasteiger partial charge >= 0.3 is 17.9 Å². The third-order valence-electron chi connectivity index (χ3n) is 13.2.